The minimum Gasteiger partial charge on any atom is -0.296 e. The predicted octanol–water partition coefficient (Wildman–Crippen LogP) is 0.251. The van der Waals surface area contributed by atoms with Gasteiger partial charge in [-0.05, 0) is 31.7 Å². The summed E-state index contributed by atoms with van der Waals surface area (Å²) in [6.45, 7) is 0.653. The monoisotopic (exact) mass is 279 g/mol. The SMILES string of the molecule is CNS(=O)(=O)c1ccc2nc3n(c(=O)c2c1)CCC3. The van der Waals surface area contributed by atoms with Crippen molar-refractivity contribution in [3.63, 3.8) is 0 Å². The molecule has 0 saturated heterocycles. The lowest BCUT2D eigenvalue weighted by Crippen LogP contribution is -2.22. The number of sulfonamides is 1. The van der Waals surface area contributed by atoms with Crippen LogP contribution in [0.4, 0.5) is 0 Å². The van der Waals surface area contributed by atoms with Gasteiger partial charge in [0.25, 0.3) is 5.56 Å². The van der Waals surface area contributed by atoms with Crippen LogP contribution in [0.1, 0.15) is 12.2 Å². The van der Waals surface area contributed by atoms with Gasteiger partial charge in [-0.2, -0.15) is 0 Å². The second-order valence-electron chi connectivity index (χ2n) is 4.47. The average molecular weight is 279 g/mol. The second kappa shape index (κ2) is 4.14. The molecular weight excluding hydrogens is 266 g/mol. The fourth-order valence-corrected chi connectivity index (χ4v) is 3.10. The number of aryl methyl sites for hydroxylation is 1. The number of nitrogens with one attached hydrogen (secondary N) is 1. The molecule has 0 fully saturated rings. The van der Waals surface area contributed by atoms with Crippen LogP contribution in [0.5, 0.6) is 0 Å². The summed E-state index contributed by atoms with van der Waals surface area (Å²) in [5.41, 5.74) is 0.388. The molecule has 6 nitrogen and oxygen atoms in total. The van der Waals surface area contributed by atoms with E-state index in [2.05, 4.69) is 9.71 Å². The van der Waals surface area contributed by atoms with Crippen LogP contribution in [0, 0.1) is 0 Å². The smallest absolute Gasteiger partial charge is 0.261 e. The molecule has 1 aromatic carbocycles. The van der Waals surface area contributed by atoms with Crippen LogP contribution < -0.4 is 10.3 Å². The number of aromatic nitrogens is 2. The van der Waals surface area contributed by atoms with E-state index in [1.807, 2.05) is 0 Å². The molecule has 3 rings (SSSR count). The van der Waals surface area contributed by atoms with Crippen LogP contribution in [0.2, 0.25) is 0 Å². The van der Waals surface area contributed by atoms with Crippen LogP contribution in [-0.4, -0.2) is 25.0 Å². The Bertz CT molecular complexity index is 824. The standard InChI is InChI=1S/C12H13N3O3S/c1-13-19(17,18)8-4-5-10-9(7-8)12(16)15-6-2-3-11(15)14-10/h4-5,7,13H,2-3,6H2,1H3. The Morgan fingerprint density at radius 2 is 2.16 bits per heavy atom. The van der Waals surface area contributed by atoms with Gasteiger partial charge in [0.15, 0.2) is 0 Å². The minimum absolute atomic E-state index is 0.0833. The van der Waals surface area contributed by atoms with E-state index < -0.39 is 10.0 Å². The predicted molar refractivity (Wildman–Crippen MR) is 70.6 cm³/mol. The van der Waals surface area contributed by atoms with Gasteiger partial charge in [0.05, 0.1) is 15.8 Å². The highest BCUT2D eigenvalue weighted by Gasteiger charge is 2.18. The maximum absolute atomic E-state index is 12.3. The lowest BCUT2D eigenvalue weighted by molar-refractivity contribution is 0.588. The fourth-order valence-electron chi connectivity index (χ4n) is 2.35. The van der Waals surface area contributed by atoms with Gasteiger partial charge in [-0.3, -0.25) is 9.36 Å². The molecule has 1 N–H and O–H groups in total. The molecule has 0 amide bonds. The zero-order valence-corrected chi connectivity index (χ0v) is 11.2. The quantitative estimate of drug-likeness (QED) is 0.854. The summed E-state index contributed by atoms with van der Waals surface area (Å²) in [7, 11) is -2.21. The van der Waals surface area contributed by atoms with E-state index in [0.29, 0.717) is 17.4 Å². The van der Waals surface area contributed by atoms with Gasteiger partial charge in [0.1, 0.15) is 5.82 Å². The van der Waals surface area contributed by atoms with Crippen LogP contribution in [0.25, 0.3) is 10.9 Å². The largest absolute Gasteiger partial charge is 0.296 e. The van der Waals surface area contributed by atoms with E-state index in [1.165, 1.54) is 19.2 Å². The van der Waals surface area contributed by atoms with Crippen LogP contribution in [0.15, 0.2) is 27.9 Å². The van der Waals surface area contributed by atoms with Gasteiger partial charge in [0, 0.05) is 13.0 Å². The summed E-state index contributed by atoms with van der Waals surface area (Å²) in [6.07, 6.45) is 1.70. The molecule has 1 aliphatic heterocycles. The van der Waals surface area contributed by atoms with E-state index in [4.69, 9.17) is 0 Å². The van der Waals surface area contributed by atoms with E-state index in [9.17, 15) is 13.2 Å². The number of benzene rings is 1. The number of hydrogen-bond donors (Lipinski definition) is 1. The highest BCUT2D eigenvalue weighted by molar-refractivity contribution is 7.89. The van der Waals surface area contributed by atoms with Crippen molar-refractivity contribution < 1.29 is 8.42 Å². The molecule has 0 bridgehead atoms. The molecule has 0 atom stereocenters. The zero-order chi connectivity index (χ0) is 13.6. The van der Waals surface area contributed by atoms with Crippen LogP contribution in [0.3, 0.4) is 0 Å². The first-order valence-corrected chi connectivity index (χ1v) is 7.48. The van der Waals surface area contributed by atoms with E-state index >= 15 is 0 Å². The maximum atomic E-state index is 12.3. The summed E-state index contributed by atoms with van der Waals surface area (Å²) in [4.78, 5) is 16.8. The van der Waals surface area contributed by atoms with Crippen molar-refractivity contribution in [3.8, 4) is 0 Å². The Kier molecular flexibility index (Phi) is 2.68. The number of nitrogens with zero attached hydrogens (tertiary/aromatic N) is 2. The molecule has 0 saturated carbocycles. The fraction of sp³-hybridized carbons (Fsp3) is 0.333. The van der Waals surface area contributed by atoms with Crippen molar-refractivity contribution in [1.82, 2.24) is 14.3 Å². The van der Waals surface area contributed by atoms with E-state index in [1.54, 1.807) is 10.6 Å². The first kappa shape index (κ1) is 12.3. The van der Waals surface area contributed by atoms with Gasteiger partial charge in [-0.1, -0.05) is 0 Å². The number of hydrogen-bond acceptors (Lipinski definition) is 4. The van der Waals surface area contributed by atoms with Gasteiger partial charge in [-0.25, -0.2) is 18.1 Å². The molecule has 0 spiro atoms. The third kappa shape index (κ3) is 1.85. The van der Waals surface area contributed by atoms with Crippen molar-refractivity contribution in [2.24, 2.45) is 0 Å². The molecule has 2 aromatic rings. The summed E-state index contributed by atoms with van der Waals surface area (Å²) in [5.74, 6) is 0.779. The molecule has 0 unspecified atom stereocenters. The number of rotatable bonds is 2. The molecule has 1 aromatic heterocycles. The number of fused-ring (bicyclic) bond motifs is 2. The Morgan fingerprint density at radius 3 is 2.89 bits per heavy atom. The molecule has 0 radical (unpaired) electrons. The summed E-state index contributed by atoms with van der Waals surface area (Å²) in [6, 6.07) is 4.44. The van der Waals surface area contributed by atoms with Gasteiger partial charge in [-0.15, -0.1) is 0 Å². The minimum atomic E-state index is -3.55. The lowest BCUT2D eigenvalue weighted by atomic mass is 10.2. The van der Waals surface area contributed by atoms with E-state index in [0.717, 1.165) is 18.7 Å². The van der Waals surface area contributed by atoms with Crippen molar-refractivity contribution in [2.75, 3.05) is 7.05 Å². The highest BCUT2D eigenvalue weighted by atomic mass is 32.2. The van der Waals surface area contributed by atoms with Gasteiger partial charge >= 0.3 is 0 Å². The first-order chi connectivity index (χ1) is 9.03. The molecule has 19 heavy (non-hydrogen) atoms. The molecule has 7 heteroatoms. The molecule has 1 aliphatic rings. The normalized spacial score (nSPS) is 14.8. The zero-order valence-electron chi connectivity index (χ0n) is 10.4. The van der Waals surface area contributed by atoms with Crippen LogP contribution in [-0.2, 0) is 23.0 Å². The first-order valence-electron chi connectivity index (χ1n) is 6.00. The average Bonchev–Trinajstić information content (AvgIpc) is 2.87. The molecule has 100 valence electrons. The van der Waals surface area contributed by atoms with Crippen molar-refractivity contribution >= 4 is 20.9 Å². The Hall–Kier alpha value is -1.73. The third-order valence-corrected chi connectivity index (χ3v) is 4.78. The van der Waals surface area contributed by atoms with Crippen molar-refractivity contribution in [3.05, 3.63) is 34.4 Å². The third-order valence-electron chi connectivity index (χ3n) is 3.37. The summed E-state index contributed by atoms with van der Waals surface area (Å²) in [5, 5.41) is 0.349. The summed E-state index contributed by atoms with van der Waals surface area (Å²) >= 11 is 0. The maximum Gasteiger partial charge on any atom is 0.261 e. The van der Waals surface area contributed by atoms with Gasteiger partial charge < -0.3 is 0 Å². The topological polar surface area (TPSA) is 81.1 Å². The van der Waals surface area contributed by atoms with E-state index in [-0.39, 0.29) is 10.5 Å². The lowest BCUT2D eigenvalue weighted by Gasteiger charge is -2.07. The second-order valence-corrected chi connectivity index (χ2v) is 6.36. The summed E-state index contributed by atoms with van der Waals surface area (Å²) < 4.78 is 27.4. The molecule has 0 aliphatic carbocycles. The van der Waals surface area contributed by atoms with Crippen molar-refractivity contribution in [2.45, 2.75) is 24.3 Å². The van der Waals surface area contributed by atoms with Crippen LogP contribution >= 0.6 is 0 Å². The Labute approximate surface area is 110 Å². The highest BCUT2D eigenvalue weighted by Crippen LogP contribution is 2.18. The van der Waals surface area contributed by atoms with Crippen molar-refractivity contribution in [1.29, 1.82) is 0 Å². The Morgan fingerprint density at radius 1 is 1.37 bits per heavy atom. The Balaban J connectivity index is 2.33. The molecule has 2 heterocycles. The molecular formula is C12H13N3O3S. The van der Waals surface area contributed by atoms with Gasteiger partial charge in [0.2, 0.25) is 10.0 Å².